The van der Waals surface area contributed by atoms with Gasteiger partial charge in [0.1, 0.15) is 0 Å². The van der Waals surface area contributed by atoms with Crippen molar-refractivity contribution in [3.05, 3.63) is 109 Å². The molecular weight excluding hydrogens is 919 g/mol. The molecule has 0 bridgehead atoms. The predicted molar refractivity (Wildman–Crippen MR) is 269 cm³/mol. The molecule has 0 atom stereocenters. The molecule has 0 heterocycles. The fourth-order valence-electron chi connectivity index (χ4n) is 6.32. The van der Waals surface area contributed by atoms with Crippen LogP contribution in [0.2, 0.25) is 0 Å². The molecule has 0 amide bonds. The van der Waals surface area contributed by atoms with E-state index in [4.69, 9.17) is 9.47 Å². The average Bonchev–Trinajstić information content (AvgIpc) is 3.30. The van der Waals surface area contributed by atoms with Gasteiger partial charge in [0.15, 0.2) is 0 Å². The number of unbranched alkanes of at least 4 members (excludes halogenated alkanes) is 22. The Labute approximate surface area is 414 Å². The maximum atomic E-state index is 11.9. The summed E-state index contributed by atoms with van der Waals surface area (Å²) >= 11 is 0. The van der Waals surface area contributed by atoms with Gasteiger partial charge in [0.05, 0.1) is 36.3 Å². The first kappa shape index (κ1) is 65.9. The van der Waals surface area contributed by atoms with Gasteiger partial charge in [-0.15, -0.1) is 0 Å². The molecule has 0 aliphatic carbocycles. The maximum absolute atomic E-state index is 11.9. The van der Waals surface area contributed by atoms with E-state index < -0.39 is 23.9 Å². The van der Waals surface area contributed by atoms with Crippen molar-refractivity contribution in [1.29, 1.82) is 0 Å². The molecule has 0 N–H and O–H groups in total. The Morgan fingerprint density at radius 1 is 0.415 bits per heavy atom. The van der Waals surface area contributed by atoms with E-state index >= 15 is 0 Å². The Morgan fingerprint density at radius 3 is 1.03 bits per heavy atom. The Kier molecular flexibility index (Phi) is 52.3. The second-order valence-corrected chi connectivity index (χ2v) is 16.1. The number of hydrogen-bond acceptors (Lipinski definition) is 8. The molecule has 0 unspecified atom stereocenters. The Bertz CT molecular complexity index is 1350. The third kappa shape index (κ3) is 41.7. The molecule has 9 heteroatoms. The van der Waals surface area contributed by atoms with E-state index in [1.807, 2.05) is 0 Å². The number of hydrogen-bond donors (Lipinski definition) is 0. The van der Waals surface area contributed by atoms with Crippen LogP contribution in [0.3, 0.4) is 0 Å². The third-order valence-corrected chi connectivity index (χ3v) is 10.2. The average molecular weight is 1010 g/mol. The number of carbonyl (C=O) groups excluding carboxylic acids is 4. The molecular formula is C56H88O8Sn. The number of carboxylic acids is 2. The maximum Gasteiger partial charge on any atom is 2.00 e. The molecule has 65 heavy (non-hydrogen) atoms. The van der Waals surface area contributed by atoms with Crippen molar-refractivity contribution in [1.82, 2.24) is 0 Å². The minimum absolute atomic E-state index is 0. The molecule has 0 aliphatic rings. The van der Waals surface area contributed by atoms with Crippen LogP contribution >= 0.6 is 0 Å². The van der Waals surface area contributed by atoms with Crippen LogP contribution < -0.4 is 10.2 Å². The van der Waals surface area contributed by atoms with E-state index in [0.29, 0.717) is 13.2 Å². The molecule has 0 aliphatic heterocycles. The van der Waals surface area contributed by atoms with E-state index in [2.05, 4.69) is 65.8 Å². The van der Waals surface area contributed by atoms with Crippen molar-refractivity contribution in [3.8, 4) is 0 Å². The molecule has 2 aromatic carbocycles. The van der Waals surface area contributed by atoms with Crippen molar-refractivity contribution in [2.45, 2.75) is 207 Å². The Balaban J connectivity index is -0.000000878. The van der Waals surface area contributed by atoms with Crippen LogP contribution in [-0.2, 0) is 9.47 Å². The summed E-state index contributed by atoms with van der Waals surface area (Å²) in [5.74, 6) is -3.93. The second kappa shape index (κ2) is 51.6. The van der Waals surface area contributed by atoms with E-state index in [1.54, 1.807) is 24.3 Å². The summed E-state index contributed by atoms with van der Waals surface area (Å²) in [6.45, 7) is 17.0. The summed E-state index contributed by atoms with van der Waals surface area (Å²) in [7, 11) is 0. The van der Waals surface area contributed by atoms with Crippen LogP contribution in [0.1, 0.15) is 249 Å². The smallest absolute Gasteiger partial charge is 0.545 e. The van der Waals surface area contributed by atoms with Crippen molar-refractivity contribution < 1.29 is 38.9 Å². The molecule has 2 rings (SSSR count). The van der Waals surface area contributed by atoms with Gasteiger partial charge in [-0.25, -0.2) is 9.59 Å². The molecule has 8 nitrogen and oxygen atoms in total. The predicted octanol–water partition coefficient (Wildman–Crippen LogP) is 13.8. The summed E-state index contributed by atoms with van der Waals surface area (Å²) in [5.41, 5.74) is -0.148. The molecule has 364 valence electrons. The van der Waals surface area contributed by atoms with Gasteiger partial charge >= 0.3 is 35.8 Å². The van der Waals surface area contributed by atoms with Crippen LogP contribution in [0.5, 0.6) is 0 Å². The third-order valence-electron chi connectivity index (χ3n) is 10.2. The normalized spacial score (nSPS) is 10.4. The van der Waals surface area contributed by atoms with Crippen molar-refractivity contribution >= 4 is 47.8 Å². The van der Waals surface area contributed by atoms with Gasteiger partial charge in [0.2, 0.25) is 0 Å². The Morgan fingerprint density at radius 2 is 0.708 bits per heavy atom. The van der Waals surface area contributed by atoms with Gasteiger partial charge in [0, 0.05) is 11.1 Å². The van der Waals surface area contributed by atoms with Crippen LogP contribution in [0.4, 0.5) is 0 Å². The number of carbonyl (C=O) groups is 4. The summed E-state index contributed by atoms with van der Waals surface area (Å²) in [6, 6.07) is 11.9. The van der Waals surface area contributed by atoms with Gasteiger partial charge in [-0.3, -0.25) is 0 Å². The molecule has 0 saturated heterocycles. The van der Waals surface area contributed by atoms with Gasteiger partial charge in [-0.05, 0) is 63.5 Å². The van der Waals surface area contributed by atoms with E-state index in [0.717, 1.165) is 77.0 Å². The van der Waals surface area contributed by atoms with Crippen LogP contribution in [0.25, 0.3) is 0 Å². The first-order valence-electron chi connectivity index (χ1n) is 25.0. The molecule has 4 radical (unpaired) electrons. The monoisotopic (exact) mass is 1010 g/mol. The Hall–Kier alpha value is -3.40. The zero-order valence-corrected chi connectivity index (χ0v) is 44.2. The molecule has 2 aromatic rings. The van der Waals surface area contributed by atoms with Gasteiger partial charge in [-0.1, -0.05) is 231 Å². The topological polar surface area (TPSA) is 133 Å². The summed E-state index contributed by atoms with van der Waals surface area (Å²) in [5, 5.41) is 21.9. The minimum atomic E-state index is -1.37. The largest absolute Gasteiger partial charge is 2.00 e. The number of aromatic carboxylic acids is 2. The molecule has 0 fully saturated rings. The van der Waals surface area contributed by atoms with E-state index in [1.165, 1.54) is 127 Å². The fourth-order valence-corrected chi connectivity index (χ4v) is 6.32. The van der Waals surface area contributed by atoms with Gasteiger partial charge < -0.3 is 29.3 Å². The molecule has 0 spiro atoms. The fraction of sp³-hybridized carbons (Fsp3) is 0.607. The summed E-state index contributed by atoms with van der Waals surface area (Å²) < 4.78 is 10.3. The van der Waals surface area contributed by atoms with Crippen molar-refractivity contribution in [2.24, 2.45) is 0 Å². The van der Waals surface area contributed by atoms with Crippen LogP contribution in [0.15, 0.2) is 72.8 Å². The zero-order chi connectivity index (χ0) is 47.7. The number of esters is 2. The van der Waals surface area contributed by atoms with Crippen molar-refractivity contribution in [2.75, 3.05) is 13.2 Å². The van der Waals surface area contributed by atoms with Crippen LogP contribution in [-0.4, -0.2) is 61.0 Å². The standard InChI is InChI=1S/2C20H28O4.2C8H17.Sn/c2*1-2-3-4-5-6-7-8-9-10-13-16-24-20(23)18-15-12-11-14-17(18)19(21)22;2*1-3-5-7-8-6-4-2;/h2*4-5,11-12,14-15H,2-3,6-10,13,16H2,1H3,(H,21,22);2*1,3-8H2,2H3;/q;;;;+2/p-2/b2*5-4+;;;. The van der Waals surface area contributed by atoms with E-state index in [9.17, 15) is 29.4 Å². The number of carboxylic acid groups (broad SMARTS) is 2. The number of benzene rings is 2. The number of ether oxygens (including phenoxy) is 2. The zero-order valence-electron chi connectivity index (χ0n) is 41.3. The quantitative estimate of drug-likeness (QED) is 0.0293. The van der Waals surface area contributed by atoms with E-state index in [-0.39, 0.29) is 46.2 Å². The number of allylic oxidation sites excluding steroid dienone is 4. The van der Waals surface area contributed by atoms with Gasteiger partial charge in [-0.2, -0.15) is 0 Å². The summed E-state index contributed by atoms with van der Waals surface area (Å²) in [4.78, 5) is 45.7. The summed E-state index contributed by atoms with van der Waals surface area (Å²) in [6.07, 6.45) is 42.5. The second-order valence-electron chi connectivity index (χ2n) is 16.1. The van der Waals surface area contributed by atoms with Gasteiger partial charge in [0.25, 0.3) is 0 Å². The SMILES string of the molecule is CCC/C=C/CCCCCCCOC(=O)c1ccccc1C(=O)[O-].CCC/C=C/CCCCCCCOC(=O)c1ccccc1C(=O)[O-].[CH2]CCCCCCC.[CH2]CCCCCCC.[Sn+2]. The minimum Gasteiger partial charge on any atom is -0.545 e. The molecule has 0 saturated carbocycles. The first-order chi connectivity index (χ1) is 31.2. The number of rotatable bonds is 34. The molecule has 0 aromatic heterocycles. The van der Waals surface area contributed by atoms with Crippen molar-refractivity contribution in [3.63, 3.8) is 0 Å². The van der Waals surface area contributed by atoms with Crippen LogP contribution in [0, 0.1) is 13.8 Å². The first-order valence-corrected chi connectivity index (χ1v) is 25.0.